The van der Waals surface area contributed by atoms with Crippen molar-refractivity contribution in [3.63, 3.8) is 0 Å². The van der Waals surface area contributed by atoms with Crippen LogP contribution in [0.3, 0.4) is 0 Å². The van der Waals surface area contributed by atoms with Crippen LogP contribution in [0.25, 0.3) is 0 Å². The molecule has 0 aromatic heterocycles. The number of ketones is 1. The molecule has 1 aliphatic rings. The van der Waals surface area contributed by atoms with Gasteiger partial charge in [0.2, 0.25) is 0 Å². The number of Topliss-reactive ketones (excluding diaryl/α,β-unsaturated/α-hetero) is 1. The summed E-state index contributed by atoms with van der Waals surface area (Å²) in [5, 5.41) is 0. The lowest BCUT2D eigenvalue weighted by molar-refractivity contribution is 0.0962. The summed E-state index contributed by atoms with van der Waals surface area (Å²) >= 11 is 0. The highest BCUT2D eigenvalue weighted by Gasteiger charge is 2.20. The molecule has 1 heterocycles. The number of piperazine rings is 1. The van der Waals surface area contributed by atoms with E-state index in [-0.39, 0.29) is 11.6 Å². The molecule has 0 amide bonds. The summed E-state index contributed by atoms with van der Waals surface area (Å²) < 4.78 is 18.4. The van der Waals surface area contributed by atoms with Crippen molar-refractivity contribution in [2.75, 3.05) is 44.7 Å². The van der Waals surface area contributed by atoms with E-state index >= 15 is 0 Å². The molecule has 0 saturated carbocycles. The number of nitrogens with zero attached hydrogens (tertiary/aromatic N) is 2. The Morgan fingerprint density at radius 3 is 2.40 bits per heavy atom. The zero-order chi connectivity index (χ0) is 17.6. The summed E-state index contributed by atoms with van der Waals surface area (Å²) in [5.74, 6) is 0.638. The van der Waals surface area contributed by atoms with Crippen LogP contribution in [0.1, 0.15) is 16.8 Å². The predicted octanol–water partition coefficient (Wildman–Crippen LogP) is 3.23. The number of methoxy groups -OCH3 is 1. The first-order valence-electron chi connectivity index (χ1n) is 8.56. The maximum atomic E-state index is 12.9. The molecule has 0 unspecified atom stereocenters. The molecule has 25 heavy (non-hydrogen) atoms. The van der Waals surface area contributed by atoms with Gasteiger partial charge < -0.3 is 9.64 Å². The lowest BCUT2D eigenvalue weighted by Crippen LogP contribution is -2.47. The molecule has 1 aliphatic heterocycles. The summed E-state index contributed by atoms with van der Waals surface area (Å²) in [4.78, 5) is 16.8. The van der Waals surface area contributed by atoms with Crippen molar-refractivity contribution in [1.82, 2.24) is 4.90 Å². The Bertz CT molecular complexity index is 710. The fraction of sp³-hybridized carbons (Fsp3) is 0.350. The van der Waals surface area contributed by atoms with E-state index in [0.717, 1.165) is 44.2 Å². The van der Waals surface area contributed by atoms with Crippen molar-refractivity contribution < 1.29 is 13.9 Å². The second-order valence-electron chi connectivity index (χ2n) is 6.18. The zero-order valence-corrected chi connectivity index (χ0v) is 14.5. The fourth-order valence-corrected chi connectivity index (χ4v) is 3.14. The molecule has 1 saturated heterocycles. The highest BCUT2D eigenvalue weighted by molar-refractivity contribution is 5.96. The Hall–Kier alpha value is -2.40. The van der Waals surface area contributed by atoms with E-state index < -0.39 is 0 Å². The van der Waals surface area contributed by atoms with Gasteiger partial charge in [-0.05, 0) is 36.4 Å². The smallest absolute Gasteiger partial charge is 0.164 e. The minimum atomic E-state index is -0.316. The Labute approximate surface area is 147 Å². The van der Waals surface area contributed by atoms with E-state index in [0.29, 0.717) is 12.0 Å². The minimum absolute atomic E-state index is 0.0622. The summed E-state index contributed by atoms with van der Waals surface area (Å²) in [7, 11) is 1.69. The molecule has 1 fully saturated rings. The van der Waals surface area contributed by atoms with Crippen LogP contribution >= 0.6 is 0 Å². The highest BCUT2D eigenvalue weighted by atomic mass is 19.1. The first kappa shape index (κ1) is 17.4. The third-order valence-electron chi connectivity index (χ3n) is 4.62. The average Bonchev–Trinajstić information content (AvgIpc) is 2.67. The molecule has 0 aliphatic carbocycles. The Morgan fingerprint density at radius 1 is 1.04 bits per heavy atom. The number of carbonyl (C=O) groups excluding carboxylic acids is 1. The lowest BCUT2D eigenvalue weighted by Gasteiger charge is -2.36. The molecule has 3 rings (SSSR count). The monoisotopic (exact) mass is 342 g/mol. The zero-order valence-electron chi connectivity index (χ0n) is 14.5. The standard InChI is InChI=1S/C20H23FN2O2/c1-25-20-5-3-2-4-18(20)23-14-12-22(13-15-23)11-10-19(24)16-6-8-17(21)9-7-16/h2-9H,10-15H2,1H3. The lowest BCUT2D eigenvalue weighted by atomic mass is 10.1. The molecule has 2 aromatic rings. The van der Waals surface area contributed by atoms with Crippen molar-refractivity contribution in [1.29, 1.82) is 0 Å². The van der Waals surface area contributed by atoms with Gasteiger partial charge in [-0.1, -0.05) is 12.1 Å². The number of hydrogen-bond acceptors (Lipinski definition) is 4. The van der Waals surface area contributed by atoms with Gasteiger partial charge in [-0.2, -0.15) is 0 Å². The van der Waals surface area contributed by atoms with Gasteiger partial charge in [0.25, 0.3) is 0 Å². The second kappa shape index (κ2) is 8.12. The van der Waals surface area contributed by atoms with E-state index in [4.69, 9.17) is 4.74 Å². The summed E-state index contributed by atoms with van der Waals surface area (Å²) in [6.45, 7) is 4.37. The molecule has 2 aromatic carbocycles. The van der Waals surface area contributed by atoms with Crippen molar-refractivity contribution in [3.8, 4) is 5.75 Å². The van der Waals surface area contributed by atoms with Crippen molar-refractivity contribution in [2.24, 2.45) is 0 Å². The summed E-state index contributed by atoms with van der Waals surface area (Å²) in [6.07, 6.45) is 0.459. The van der Waals surface area contributed by atoms with Gasteiger partial charge in [0.05, 0.1) is 12.8 Å². The highest BCUT2D eigenvalue weighted by Crippen LogP contribution is 2.28. The number of rotatable bonds is 6. The van der Waals surface area contributed by atoms with E-state index in [1.807, 2.05) is 18.2 Å². The van der Waals surface area contributed by atoms with Gasteiger partial charge in [-0.25, -0.2) is 4.39 Å². The van der Waals surface area contributed by atoms with Crippen LogP contribution in [-0.2, 0) is 0 Å². The molecular formula is C20H23FN2O2. The molecule has 132 valence electrons. The first-order chi connectivity index (χ1) is 12.2. The Morgan fingerprint density at radius 2 is 1.72 bits per heavy atom. The molecular weight excluding hydrogens is 319 g/mol. The van der Waals surface area contributed by atoms with Gasteiger partial charge in [0, 0.05) is 44.7 Å². The Balaban J connectivity index is 1.49. The quantitative estimate of drug-likeness (QED) is 0.755. The molecule has 0 radical (unpaired) electrons. The van der Waals surface area contributed by atoms with E-state index in [2.05, 4.69) is 15.9 Å². The average molecular weight is 342 g/mol. The van der Waals surface area contributed by atoms with Crippen LogP contribution in [0, 0.1) is 5.82 Å². The number of halogens is 1. The predicted molar refractivity (Wildman–Crippen MR) is 97.0 cm³/mol. The van der Waals surface area contributed by atoms with Crippen molar-refractivity contribution in [2.45, 2.75) is 6.42 Å². The molecule has 5 heteroatoms. The third-order valence-corrected chi connectivity index (χ3v) is 4.62. The van der Waals surface area contributed by atoms with Gasteiger partial charge in [0.1, 0.15) is 11.6 Å². The van der Waals surface area contributed by atoms with Gasteiger partial charge in [-0.15, -0.1) is 0 Å². The molecule has 0 bridgehead atoms. The number of hydrogen-bond donors (Lipinski definition) is 0. The number of anilines is 1. The molecule has 0 N–H and O–H groups in total. The maximum Gasteiger partial charge on any atom is 0.164 e. The van der Waals surface area contributed by atoms with E-state index in [1.54, 1.807) is 19.2 Å². The molecule has 0 spiro atoms. The van der Waals surface area contributed by atoms with Crippen LogP contribution in [0.15, 0.2) is 48.5 Å². The molecule has 0 atom stereocenters. The van der Waals surface area contributed by atoms with Crippen LogP contribution in [-0.4, -0.2) is 50.5 Å². The largest absolute Gasteiger partial charge is 0.495 e. The molecule has 4 nitrogen and oxygen atoms in total. The third kappa shape index (κ3) is 4.37. The van der Waals surface area contributed by atoms with Gasteiger partial charge in [0.15, 0.2) is 5.78 Å². The topological polar surface area (TPSA) is 32.8 Å². The summed E-state index contributed by atoms with van der Waals surface area (Å²) in [6, 6.07) is 13.8. The van der Waals surface area contributed by atoms with Crippen LogP contribution in [0.4, 0.5) is 10.1 Å². The number of carbonyl (C=O) groups is 1. The van der Waals surface area contributed by atoms with E-state index in [1.165, 1.54) is 12.1 Å². The van der Waals surface area contributed by atoms with Crippen LogP contribution in [0.2, 0.25) is 0 Å². The number of benzene rings is 2. The number of para-hydroxylation sites is 2. The van der Waals surface area contributed by atoms with Crippen LogP contribution < -0.4 is 9.64 Å². The van der Waals surface area contributed by atoms with Crippen LogP contribution in [0.5, 0.6) is 5.75 Å². The van der Waals surface area contributed by atoms with Crippen molar-refractivity contribution in [3.05, 3.63) is 59.9 Å². The second-order valence-corrected chi connectivity index (χ2v) is 6.18. The van der Waals surface area contributed by atoms with Gasteiger partial charge >= 0.3 is 0 Å². The fourth-order valence-electron chi connectivity index (χ4n) is 3.14. The minimum Gasteiger partial charge on any atom is -0.495 e. The Kier molecular flexibility index (Phi) is 5.66. The summed E-state index contributed by atoms with van der Waals surface area (Å²) in [5.41, 5.74) is 1.70. The SMILES string of the molecule is COc1ccccc1N1CCN(CCC(=O)c2ccc(F)cc2)CC1. The van der Waals surface area contributed by atoms with E-state index in [9.17, 15) is 9.18 Å². The normalized spacial score (nSPS) is 15.2. The number of ether oxygens (including phenoxy) is 1. The maximum absolute atomic E-state index is 12.9. The van der Waals surface area contributed by atoms with Gasteiger partial charge in [-0.3, -0.25) is 9.69 Å². The first-order valence-corrected chi connectivity index (χ1v) is 8.56. The van der Waals surface area contributed by atoms with Crippen molar-refractivity contribution >= 4 is 11.5 Å².